The second-order valence-corrected chi connectivity index (χ2v) is 5.07. The van der Waals surface area contributed by atoms with E-state index in [1.165, 1.54) is 0 Å². The van der Waals surface area contributed by atoms with Crippen LogP contribution in [0.3, 0.4) is 0 Å². The first-order valence-corrected chi connectivity index (χ1v) is 7.08. The highest BCUT2D eigenvalue weighted by Gasteiger charge is 2.14. The molecule has 0 amide bonds. The van der Waals surface area contributed by atoms with E-state index in [0.29, 0.717) is 25.4 Å². The van der Waals surface area contributed by atoms with Crippen LogP contribution >= 0.6 is 0 Å². The van der Waals surface area contributed by atoms with Crippen LogP contribution in [0.15, 0.2) is 12.1 Å². The summed E-state index contributed by atoms with van der Waals surface area (Å²) in [7, 11) is 0. The topological polar surface area (TPSA) is 51.5 Å². The Kier molecular flexibility index (Phi) is 5.40. The van der Waals surface area contributed by atoms with E-state index in [2.05, 4.69) is 6.07 Å². The standard InChI is InChI=1S/C16H21NO3/c1-12-9-14(11-17)10-13(2)16(12)20-6-4-3-5-15-18-7-8-19-15/h9-10,15H,3-8H2,1-2H3. The largest absolute Gasteiger partial charge is 0.493 e. The van der Waals surface area contributed by atoms with Crippen LogP contribution < -0.4 is 4.74 Å². The predicted octanol–water partition coefficient (Wildman–Crippen LogP) is 3.10. The van der Waals surface area contributed by atoms with Crippen molar-refractivity contribution in [1.82, 2.24) is 0 Å². The third-order valence-electron chi connectivity index (χ3n) is 3.36. The van der Waals surface area contributed by atoms with Crippen molar-refractivity contribution in [1.29, 1.82) is 5.26 Å². The summed E-state index contributed by atoms with van der Waals surface area (Å²) in [6.45, 7) is 6.06. The molecule has 108 valence electrons. The number of aryl methyl sites for hydroxylation is 2. The van der Waals surface area contributed by atoms with E-state index in [1.807, 2.05) is 26.0 Å². The SMILES string of the molecule is Cc1cc(C#N)cc(C)c1OCCCCC1OCCO1. The summed E-state index contributed by atoms with van der Waals surface area (Å²) in [6.07, 6.45) is 2.91. The minimum absolute atomic E-state index is 0.0200. The van der Waals surface area contributed by atoms with Gasteiger partial charge >= 0.3 is 0 Å². The molecule has 1 aliphatic heterocycles. The van der Waals surface area contributed by atoms with Crippen molar-refractivity contribution in [2.45, 2.75) is 39.4 Å². The molecule has 4 nitrogen and oxygen atoms in total. The van der Waals surface area contributed by atoms with Gasteiger partial charge in [-0.25, -0.2) is 0 Å². The molecule has 4 heteroatoms. The van der Waals surface area contributed by atoms with E-state index >= 15 is 0 Å². The van der Waals surface area contributed by atoms with Gasteiger partial charge in [-0.2, -0.15) is 5.26 Å². The molecule has 2 rings (SSSR count). The van der Waals surface area contributed by atoms with Crippen LogP contribution in [0.4, 0.5) is 0 Å². The fourth-order valence-electron chi connectivity index (χ4n) is 2.40. The molecule has 0 N–H and O–H groups in total. The molecule has 0 aliphatic carbocycles. The van der Waals surface area contributed by atoms with Gasteiger partial charge in [-0.3, -0.25) is 0 Å². The highest BCUT2D eigenvalue weighted by Crippen LogP contribution is 2.25. The maximum absolute atomic E-state index is 8.91. The molecular weight excluding hydrogens is 254 g/mol. The molecule has 1 heterocycles. The van der Waals surface area contributed by atoms with Gasteiger partial charge in [0.15, 0.2) is 6.29 Å². The molecule has 0 atom stereocenters. The number of rotatable bonds is 6. The number of hydrogen-bond acceptors (Lipinski definition) is 4. The summed E-state index contributed by atoms with van der Waals surface area (Å²) in [4.78, 5) is 0. The summed E-state index contributed by atoms with van der Waals surface area (Å²) >= 11 is 0. The van der Waals surface area contributed by atoms with Crippen LogP contribution in [0.2, 0.25) is 0 Å². The maximum Gasteiger partial charge on any atom is 0.157 e. The van der Waals surface area contributed by atoms with E-state index in [0.717, 1.165) is 36.1 Å². The summed E-state index contributed by atoms with van der Waals surface area (Å²) in [6, 6.07) is 5.89. The highest BCUT2D eigenvalue weighted by molar-refractivity contribution is 5.47. The molecule has 1 fully saturated rings. The molecule has 1 aliphatic rings. The first kappa shape index (κ1) is 14.8. The monoisotopic (exact) mass is 275 g/mol. The zero-order valence-electron chi connectivity index (χ0n) is 12.1. The van der Waals surface area contributed by atoms with Crippen molar-refractivity contribution >= 4 is 0 Å². The molecule has 1 saturated heterocycles. The second kappa shape index (κ2) is 7.28. The van der Waals surface area contributed by atoms with Crippen LogP contribution in [0.25, 0.3) is 0 Å². The number of hydrogen-bond donors (Lipinski definition) is 0. The Bertz CT molecular complexity index is 464. The number of unbranched alkanes of at least 4 members (excludes halogenated alkanes) is 1. The Morgan fingerprint density at radius 3 is 2.45 bits per heavy atom. The summed E-state index contributed by atoms with van der Waals surface area (Å²) in [5.41, 5.74) is 2.72. The molecule has 1 aromatic rings. The van der Waals surface area contributed by atoms with Gasteiger partial charge in [-0.1, -0.05) is 0 Å². The Balaban J connectivity index is 1.75. The average Bonchev–Trinajstić information content (AvgIpc) is 2.94. The number of ether oxygens (including phenoxy) is 3. The lowest BCUT2D eigenvalue weighted by atomic mass is 10.1. The first-order chi connectivity index (χ1) is 9.70. The second-order valence-electron chi connectivity index (χ2n) is 5.07. The van der Waals surface area contributed by atoms with Crippen molar-refractivity contribution in [3.8, 4) is 11.8 Å². The van der Waals surface area contributed by atoms with Gasteiger partial charge in [-0.15, -0.1) is 0 Å². The van der Waals surface area contributed by atoms with Gasteiger partial charge < -0.3 is 14.2 Å². The molecule has 20 heavy (non-hydrogen) atoms. The third-order valence-corrected chi connectivity index (χ3v) is 3.36. The Morgan fingerprint density at radius 2 is 1.85 bits per heavy atom. The van der Waals surface area contributed by atoms with E-state index in [-0.39, 0.29) is 6.29 Å². The Hall–Kier alpha value is -1.57. The van der Waals surface area contributed by atoms with Gasteiger partial charge in [0, 0.05) is 0 Å². The van der Waals surface area contributed by atoms with E-state index in [4.69, 9.17) is 19.5 Å². The van der Waals surface area contributed by atoms with Gasteiger partial charge in [0.05, 0.1) is 31.5 Å². The minimum atomic E-state index is -0.0200. The number of nitrogens with zero attached hydrogens (tertiary/aromatic N) is 1. The molecule has 1 aromatic carbocycles. The lowest BCUT2D eigenvalue weighted by Gasteiger charge is -2.13. The van der Waals surface area contributed by atoms with Gasteiger partial charge in [0.2, 0.25) is 0 Å². The van der Waals surface area contributed by atoms with Gasteiger partial charge in [0.1, 0.15) is 5.75 Å². The van der Waals surface area contributed by atoms with E-state index in [1.54, 1.807) is 0 Å². The smallest absolute Gasteiger partial charge is 0.157 e. The van der Waals surface area contributed by atoms with Crippen LogP contribution in [0.1, 0.15) is 36.0 Å². The average molecular weight is 275 g/mol. The van der Waals surface area contributed by atoms with Crippen molar-refractivity contribution in [3.63, 3.8) is 0 Å². The first-order valence-electron chi connectivity index (χ1n) is 7.08. The number of benzene rings is 1. The predicted molar refractivity (Wildman–Crippen MR) is 75.7 cm³/mol. The van der Waals surface area contributed by atoms with Crippen LogP contribution in [0, 0.1) is 25.2 Å². The van der Waals surface area contributed by atoms with E-state index in [9.17, 15) is 0 Å². The minimum Gasteiger partial charge on any atom is -0.493 e. The Morgan fingerprint density at radius 1 is 1.20 bits per heavy atom. The van der Waals surface area contributed by atoms with Gasteiger partial charge in [-0.05, 0) is 56.4 Å². The molecule has 0 saturated carbocycles. The quantitative estimate of drug-likeness (QED) is 0.749. The zero-order chi connectivity index (χ0) is 14.4. The molecule has 0 radical (unpaired) electrons. The molecular formula is C16H21NO3. The summed E-state index contributed by atoms with van der Waals surface area (Å²) < 4.78 is 16.6. The highest BCUT2D eigenvalue weighted by atomic mass is 16.7. The summed E-state index contributed by atoms with van der Waals surface area (Å²) in [5.74, 6) is 0.900. The van der Waals surface area contributed by atoms with Crippen molar-refractivity contribution in [2.75, 3.05) is 19.8 Å². The van der Waals surface area contributed by atoms with Crippen molar-refractivity contribution < 1.29 is 14.2 Å². The lowest BCUT2D eigenvalue weighted by Crippen LogP contribution is -2.08. The van der Waals surface area contributed by atoms with Crippen LogP contribution in [-0.4, -0.2) is 26.1 Å². The van der Waals surface area contributed by atoms with Crippen molar-refractivity contribution in [3.05, 3.63) is 28.8 Å². The fourth-order valence-corrected chi connectivity index (χ4v) is 2.40. The fraction of sp³-hybridized carbons (Fsp3) is 0.562. The molecule has 0 unspecified atom stereocenters. The lowest BCUT2D eigenvalue weighted by molar-refractivity contribution is -0.0482. The molecule has 0 aromatic heterocycles. The Labute approximate surface area is 120 Å². The molecule has 0 spiro atoms. The zero-order valence-corrected chi connectivity index (χ0v) is 12.1. The van der Waals surface area contributed by atoms with Gasteiger partial charge in [0.25, 0.3) is 0 Å². The third kappa shape index (κ3) is 3.96. The van der Waals surface area contributed by atoms with Crippen LogP contribution in [-0.2, 0) is 9.47 Å². The molecule has 0 bridgehead atoms. The van der Waals surface area contributed by atoms with Crippen molar-refractivity contribution in [2.24, 2.45) is 0 Å². The number of nitriles is 1. The summed E-state index contributed by atoms with van der Waals surface area (Å²) in [5, 5.41) is 8.91. The normalized spacial score (nSPS) is 15.2. The van der Waals surface area contributed by atoms with E-state index < -0.39 is 0 Å². The van der Waals surface area contributed by atoms with Crippen LogP contribution in [0.5, 0.6) is 5.75 Å². The maximum atomic E-state index is 8.91.